The Morgan fingerprint density at radius 2 is 1.76 bits per heavy atom. The van der Waals surface area contributed by atoms with Crippen molar-refractivity contribution in [1.29, 1.82) is 0 Å². The first kappa shape index (κ1) is 13.6. The van der Waals surface area contributed by atoms with Crippen LogP contribution >= 0.6 is 25.3 Å². The number of amides is 1. The molecule has 0 radical (unpaired) electrons. The van der Waals surface area contributed by atoms with Gasteiger partial charge in [-0.15, -0.1) is 0 Å². The minimum Gasteiger partial charge on any atom is -0.342 e. The van der Waals surface area contributed by atoms with Crippen LogP contribution < -0.4 is 0 Å². The van der Waals surface area contributed by atoms with Gasteiger partial charge in [-0.3, -0.25) is 9.69 Å². The van der Waals surface area contributed by atoms with Crippen LogP contribution in [0.1, 0.15) is 25.7 Å². The van der Waals surface area contributed by atoms with Crippen molar-refractivity contribution in [3.05, 3.63) is 0 Å². The van der Waals surface area contributed by atoms with E-state index in [0.717, 1.165) is 44.8 Å². The van der Waals surface area contributed by atoms with Crippen LogP contribution in [0.2, 0.25) is 0 Å². The third-order valence-electron chi connectivity index (χ3n) is 3.88. The fraction of sp³-hybridized carbons (Fsp3) is 0.917. The molecule has 2 rings (SSSR count). The highest BCUT2D eigenvalue weighted by molar-refractivity contribution is 7.84. The quantitative estimate of drug-likeness (QED) is 0.762. The van der Waals surface area contributed by atoms with E-state index in [1.807, 2.05) is 0 Å². The minimum absolute atomic E-state index is 0.237. The van der Waals surface area contributed by atoms with Gasteiger partial charge in [0.15, 0.2) is 0 Å². The van der Waals surface area contributed by atoms with Crippen LogP contribution in [0.15, 0.2) is 0 Å². The summed E-state index contributed by atoms with van der Waals surface area (Å²) in [6.45, 7) is 3.92. The highest BCUT2D eigenvalue weighted by atomic mass is 32.1. The maximum atomic E-state index is 12.2. The molecule has 0 N–H and O–H groups in total. The van der Waals surface area contributed by atoms with Gasteiger partial charge in [0, 0.05) is 24.8 Å². The molecule has 2 heterocycles. The number of hydrogen-bond donors (Lipinski definition) is 2. The van der Waals surface area contributed by atoms with Crippen LogP contribution in [0.4, 0.5) is 0 Å². The van der Waals surface area contributed by atoms with Crippen LogP contribution in [0, 0.1) is 5.92 Å². The predicted molar refractivity (Wildman–Crippen MR) is 76.7 cm³/mol. The lowest BCUT2D eigenvalue weighted by molar-refractivity contribution is -0.136. The number of carbonyl (C=O) groups is 1. The Labute approximate surface area is 115 Å². The summed E-state index contributed by atoms with van der Waals surface area (Å²) in [5.41, 5.74) is 0. The largest absolute Gasteiger partial charge is 0.342 e. The normalized spacial score (nSPS) is 25.2. The molecular formula is C12H22N2OS2. The van der Waals surface area contributed by atoms with E-state index in [0.29, 0.717) is 5.91 Å². The van der Waals surface area contributed by atoms with Crippen molar-refractivity contribution in [3.8, 4) is 0 Å². The van der Waals surface area contributed by atoms with Crippen molar-refractivity contribution in [3.63, 3.8) is 0 Å². The smallest absolute Gasteiger partial charge is 0.225 e. The zero-order valence-corrected chi connectivity index (χ0v) is 12.0. The van der Waals surface area contributed by atoms with Gasteiger partial charge in [-0.05, 0) is 38.8 Å². The van der Waals surface area contributed by atoms with E-state index in [9.17, 15) is 4.79 Å². The van der Waals surface area contributed by atoms with Gasteiger partial charge in [0.1, 0.15) is 0 Å². The molecule has 0 saturated carbocycles. The van der Waals surface area contributed by atoms with E-state index in [-0.39, 0.29) is 11.3 Å². The van der Waals surface area contributed by atoms with Crippen molar-refractivity contribution in [1.82, 2.24) is 9.80 Å². The van der Waals surface area contributed by atoms with Crippen LogP contribution in [0.5, 0.6) is 0 Å². The van der Waals surface area contributed by atoms with Gasteiger partial charge in [0.2, 0.25) is 5.91 Å². The lowest BCUT2D eigenvalue weighted by Gasteiger charge is -2.35. The van der Waals surface area contributed by atoms with Crippen molar-refractivity contribution >= 4 is 31.2 Å². The summed E-state index contributed by atoms with van der Waals surface area (Å²) in [7, 11) is 0. The van der Waals surface area contributed by atoms with E-state index >= 15 is 0 Å². The molecule has 0 aromatic rings. The zero-order valence-electron chi connectivity index (χ0n) is 10.2. The number of rotatable bonds is 3. The molecule has 1 amide bonds. The van der Waals surface area contributed by atoms with Crippen LogP contribution in [0.25, 0.3) is 0 Å². The Kier molecular flexibility index (Phi) is 5.06. The van der Waals surface area contributed by atoms with E-state index in [1.165, 1.54) is 12.8 Å². The second-order valence-corrected chi connectivity index (χ2v) is 5.97. The summed E-state index contributed by atoms with van der Waals surface area (Å²) in [5, 5.41) is 0.237. The van der Waals surface area contributed by atoms with Gasteiger partial charge in [-0.2, -0.15) is 25.3 Å². The Morgan fingerprint density at radius 3 is 2.29 bits per heavy atom. The van der Waals surface area contributed by atoms with Crippen LogP contribution in [-0.4, -0.2) is 53.0 Å². The summed E-state index contributed by atoms with van der Waals surface area (Å²) < 4.78 is 0. The standard InChI is InChI=1S/C12H22N2OS2/c15-12(14-5-1-2-6-14)10-3-7-13(8-4-10)11(17)9-16/h10-11,16-17H,1-9H2. The third kappa shape index (κ3) is 3.32. The van der Waals surface area contributed by atoms with Gasteiger partial charge in [-0.25, -0.2) is 0 Å². The third-order valence-corrected chi connectivity index (χ3v) is 5.02. The molecule has 3 nitrogen and oxygen atoms in total. The lowest BCUT2D eigenvalue weighted by atomic mass is 9.95. The maximum Gasteiger partial charge on any atom is 0.225 e. The number of likely N-dealkylation sites (tertiary alicyclic amines) is 2. The van der Waals surface area contributed by atoms with Gasteiger partial charge >= 0.3 is 0 Å². The van der Waals surface area contributed by atoms with Crippen molar-refractivity contribution in [2.45, 2.75) is 31.1 Å². The molecule has 1 unspecified atom stereocenters. The Hall–Kier alpha value is 0.130. The molecule has 0 spiro atoms. The average molecular weight is 274 g/mol. The first-order valence-corrected chi connectivity index (χ1v) is 7.69. The van der Waals surface area contributed by atoms with Gasteiger partial charge < -0.3 is 4.90 Å². The number of hydrogen-bond acceptors (Lipinski definition) is 4. The minimum atomic E-state index is 0.237. The van der Waals surface area contributed by atoms with E-state index in [4.69, 9.17) is 0 Å². The molecule has 98 valence electrons. The summed E-state index contributed by atoms with van der Waals surface area (Å²) >= 11 is 8.76. The van der Waals surface area contributed by atoms with Crippen LogP contribution in [-0.2, 0) is 4.79 Å². The highest BCUT2D eigenvalue weighted by Crippen LogP contribution is 2.24. The second kappa shape index (κ2) is 6.34. The molecule has 1 atom stereocenters. The van der Waals surface area contributed by atoms with E-state index in [1.54, 1.807) is 0 Å². The molecule has 0 bridgehead atoms. The predicted octanol–water partition coefficient (Wildman–Crippen LogP) is 1.51. The van der Waals surface area contributed by atoms with E-state index in [2.05, 4.69) is 35.1 Å². The topological polar surface area (TPSA) is 23.6 Å². The maximum absolute atomic E-state index is 12.2. The molecular weight excluding hydrogens is 252 g/mol. The van der Waals surface area contributed by atoms with Gasteiger partial charge in [-0.1, -0.05) is 0 Å². The fourth-order valence-corrected chi connectivity index (χ4v) is 3.22. The number of nitrogens with zero attached hydrogens (tertiary/aromatic N) is 2. The van der Waals surface area contributed by atoms with Crippen molar-refractivity contribution in [2.24, 2.45) is 5.92 Å². The van der Waals surface area contributed by atoms with Crippen molar-refractivity contribution < 1.29 is 4.79 Å². The summed E-state index contributed by atoms with van der Waals surface area (Å²) in [4.78, 5) is 16.6. The van der Waals surface area contributed by atoms with E-state index < -0.39 is 0 Å². The number of piperidine rings is 1. The molecule has 2 saturated heterocycles. The fourth-order valence-electron chi connectivity index (χ4n) is 2.76. The molecule has 2 fully saturated rings. The summed E-state index contributed by atoms with van der Waals surface area (Å²) in [6.07, 6.45) is 4.34. The SMILES string of the molecule is O=C(C1CCN(C(S)CS)CC1)N1CCCC1. The molecule has 2 aliphatic rings. The lowest BCUT2D eigenvalue weighted by Crippen LogP contribution is -2.44. The first-order valence-electron chi connectivity index (χ1n) is 6.54. The molecule has 0 aliphatic carbocycles. The molecule has 0 aromatic heterocycles. The van der Waals surface area contributed by atoms with Gasteiger partial charge in [0.05, 0.1) is 5.37 Å². The highest BCUT2D eigenvalue weighted by Gasteiger charge is 2.30. The number of carbonyl (C=O) groups excluding carboxylic acids is 1. The molecule has 0 aromatic carbocycles. The van der Waals surface area contributed by atoms with Crippen molar-refractivity contribution in [2.75, 3.05) is 31.9 Å². The molecule has 5 heteroatoms. The summed E-state index contributed by atoms with van der Waals surface area (Å²) in [6, 6.07) is 0. The molecule has 17 heavy (non-hydrogen) atoms. The van der Waals surface area contributed by atoms with Crippen LogP contribution in [0.3, 0.4) is 0 Å². The Morgan fingerprint density at radius 1 is 1.18 bits per heavy atom. The first-order chi connectivity index (χ1) is 8.22. The summed E-state index contributed by atoms with van der Waals surface area (Å²) in [5.74, 6) is 1.42. The second-order valence-electron chi connectivity index (χ2n) is 5.01. The Balaban J connectivity index is 1.80. The van der Waals surface area contributed by atoms with Gasteiger partial charge in [0.25, 0.3) is 0 Å². The monoisotopic (exact) mass is 274 g/mol. The number of thiol groups is 2. The molecule has 2 aliphatic heterocycles. The Bertz CT molecular complexity index is 261. The average Bonchev–Trinajstić information content (AvgIpc) is 2.91. The zero-order chi connectivity index (χ0) is 12.3.